The van der Waals surface area contributed by atoms with Gasteiger partial charge in [0.25, 0.3) is 0 Å². The van der Waals surface area contributed by atoms with Gasteiger partial charge in [-0.2, -0.15) is 0 Å². The Morgan fingerprint density at radius 3 is 1.62 bits per heavy atom. The molecule has 0 spiro atoms. The first-order valence-corrected chi connectivity index (χ1v) is 9.61. The zero-order valence-electron chi connectivity index (χ0n) is 15.5. The van der Waals surface area contributed by atoms with E-state index in [1.54, 1.807) is 6.08 Å². The summed E-state index contributed by atoms with van der Waals surface area (Å²) in [6.07, 6.45) is 30.5. The maximum atomic E-state index is 10.3. The third-order valence-corrected chi connectivity index (χ3v) is 3.77. The third kappa shape index (κ3) is 20.4. The van der Waals surface area contributed by atoms with E-state index in [1.165, 1.54) is 51.0 Å². The van der Waals surface area contributed by atoms with Gasteiger partial charge in [0.2, 0.25) is 0 Å². The molecule has 0 atom stereocenters. The van der Waals surface area contributed by atoms with Gasteiger partial charge in [0.15, 0.2) is 0 Å². The van der Waals surface area contributed by atoms with Crippen molar-refractivity contribution >= 4 is 5.97 Å². The highest BCUT2D eigenvalue weighted by Gasteiger charge is 1.89. The number of rotatable bonds is 16. The summed E-state index contributed by atoms with van der Waals surface area (Å²) >= 11 is 0. The number of aliphatic carboxylic acids is 1. The lowest BCUT2D eigenvalue weighted by atomic mass is 10.1. The Morgan fingerprint density at radius 2 is 1.12 bits per heavy atom. The van der Waals surface area contributed by atoms with E-state index in [0.29, 0.717) is 0 Å². The van der Waals surface area contributed by atoms with Crippen molar-refractivity contribution in [2.75, 3.05) is 0 Å². The van der Waals surface area contributed by atoms with Crippen LogP contribution in [0.2, 0.25) is 0 Å². The number of carbonyl (C=O) groups is 1. The number of hydrogen-bond acceptors (Lipinski definition) is 1. The van der Waals surface area contributed by atoms with E-state index >= 15 is 0 Å². The molecule has 0 aliphatic heterocycles. The Balaban J connectivity index is 3.31. The molecule has 2 nitrogen and oxygen atoms in total. The van der Waals surface area contributed by atoms with Crippen molar-refractivity contribution in [3.63, 3.8) is 0 Å². The van der Waals surface area contributed by atoms with Crippen LogP contribution < -0.4 is 0 Å². The fourth-order valence-electron chi connectivity index (χ4n) is 2.35. The van der Waals surface area contributed by atoms with Crippen molar-refractivity contribution < 1.29 is 9.90 Å². The molecule has 0 aromatic rings. The highest BCUT2D eigenvalue weighted by Crippen LogP contribution is 2.07. The molecule has 2 heteroatoms. The van der Waals surface area contributed by atoms with Crippen LogP contribution in [0.1, 0.15) is 84.0 Å². The first kappa shape index (κ1) is 22.4. The number of hydrogen-bond donors (Lipinski definition) is 1. The predicted molar refractivity (Wildman–Crippen MR) is 105 cm³/mol. The molecule has 0 bridgehead atoms. The average Bonchev–Trinajstić information content (AvgIpc) is 2.56. The van der Waals surface area contributed by atoms with E-state index in [2.05, 4.69) is 43.4 Å². The maximum Gasteiger partial charge on any atom is 0.327 e. The summed E-state index contributed by atoms with van der Waals surface area (Å²) in [4.78, 5) is 10.3. The van der Waals surface area contributed by atoms with Gasteiger partial charge in [-0.05, 0) is 51.4 Å². The van der Waals surface area contributed by atoms with Crippen molar-refractivity contribution in [1.82, 2.24) is 0 Å². The molecular formula is C22H36O2. The molecule has 0 aromatic heterocycles. The van der Waals surface area contributed by atoms with Gasteiger partial charge in [0.05, 0.1) is 0 Å². The van der Waals surface area contributed by atoms with E-state index in [4.69, 9.17) is 5.11 Å². The summed E-state index contributed by atoms with van der Waals surface area (Å²) in [6, 6.07) is 0. The van der Waals surface area contributed by atoms with Gasteiger partial charge in [-0.3, -0.25) is 0 Å². The number of allylic oxidation sites excluding steroid dienone is 7. The zero-order valence-corrected chi connectivity index (χ0v) is 15.5. The van der Waals surface area contributed by atoms with E-state index in [9.17, 15) is 4.79 Å². The van der Waals surface area contributed by atoms with Crippen molar-refractivity contribution in [2.24, 2.45) is 0 Å². The minimum atomic E-state index is -0.850. The van der Waals surface area contributed by atoms with Crippen molar-refractivity contribution in [2.45, 2.75) is 84.0 Å². The van der Waals surface area contributed by atoms with E-state index in [-0.39, 0.29) is 0 Å². The van der Waals surface area contributed by atoms with E-state index in [0.717, 1.165) is 32.1 Å². The highest BCUT2D eigenvalue weighted by molar-refractivity contribution is 5.79. The Kier molecular flexibility index (Phi) is 18.2. The van der Waals surface area contributed by atoms with E-state index < -0.39 is 5.97 Å². The SMILES string of the molecule is CCCCC/C=C/C/C=C/C/C=C/CCCCCC/C=C/C(=O)O. The normalized spacial score (nSPS) is 12.4. The standard InChI is InChI=1S/C22H36O2/c1-2-3-4-5-6-7-8-9-10-11-12-13-14-15-16-17-18-19-20-21-22(23)24/h6-7,9-10,12-13,20-21H,2-5,8,11,14-19H2,1H3,(H,23,24)/b7-6+,10-9+,13-12+,21-20+. The van der Waals surface area contributed by atoms with Gasteiger partial charge in [-0.1, -0.05) is 75.1 Å². The van der Waals surface area contributed by atoms with Crippen molar-refractivity contribution in [3.05, 3.63) is 48.6 Å². The first-order chi connectivity index (χ1) is 11.8. The third-order valence-electron chi connectivity index (χ3n) is 3.77. The quantitative estimate of drug-likeness (QED) is 0.188. The van der Waals surface area contributed by atoms with Crippen LogP contribution in [-0.4, -0.2) is 11.1 Å². The molecule has 0 saturated heterocycles. The molecule has 0 aliphatic rings. The minimum absolute atomic E-state index is 0.850. The second kappa shape index (κ2) is 19.5. The largest absolute Gasteiger partial charge is 0.478 e. The summed E-state index contributed by atoms with van der Waals surface area (Å²) in [5.41, 5.74) is 0. The molecule has 0 radical (unpaired) electrons. The first-order valence-electron chi connectivity index (χ1n) is 9.61. The second-order valence-electron chi connectivity index (χ2n) is 6.11. The minimum Gasteiger partial charge on any atom is -0.478 e. The molecule has 0 rings (SSSR count). The molecular weight excluding hydrogens is 296 g/mol. The summed E-state index contributed by atoms with van der Waals surface area (Å²) < 4.78 is 0. The maximum absolute atomic E-state index is 10.3. The van der Waals surface area contributed by atoms with Crippen LogP contribution in [0.4, 0.5) is 0 Å². The fourth-order valence-corrected chi connectivity index (χ4v) is 2.35. The summed E-state index contributed by atoms with van der Waals surface area (Å²) in [5.74, 6) is -0.850. The molecule has 0 heterocycles. The number of carboxylic acids is 1. The van der Waals surface area contributed by atoms with Crippen LogP contribution in [0.15, 0.2) is 48.6 Å². The topological polar surface area (TPSA) is 37.3 Å². The van der Waals surface area contributed by atoms with E-state index in [1.807, 2.05) is 0 Å². The lowest BCUT2D eigenvalue weighted by Gasteiger charge is -1.96. The molecule has 0 unspecified atom stereocenters. The van der Waals surface area contributed by atoms with Gasteiger partial charge in [-0.25, -0.2) is 4.79 Å². The molecule has 0 saturated carbocycles. The van der Waals surface area contributed by atoms with Crippen molar-refractivity contribution in [1.29, 1.82) is 0 Å². The zero-order chi connectivity index (χ0) is 17.7. The summed E-state index contributed by atoms with van der Waals surface area (Å²) in [7, 11) is 0. The summed E-state index contributed by atoms with van der Waals surface area (Å²) in [5, 5.41) is 8.45. The molecule has 1 N–H and O–H groups in total. The highest BCUT2D eigenvalue weighted by atomic mass is 16.4. The second-order valence-corrected chi connectivity index (χ2v) is 6.11. The smallest absolute Gasteiger partial charge is 0.327 e. The van der Waals surface area contributed by atoms with Crippen LogP contribution in [-0.2, 0) is 4.79 Å². The number of unbranched alkanes of at least 4 members (excludes halogenated alkanes) is 8. The lowest BCUT2D eigenvalue weighted by Crippen LogP contribution is -1.85. The van der Waals surface area contributed by atoms with Gasteiger partial charge >= 0.3 is 5.97 Å². The van der Waals surface area contributed by atoms with Crippen LogP contribution in [0, 0.1) is 0 Å². The fraction of sp³-hybridized carbons (Fsp3) is 0.591. The molecule has 0 aliphatic carbocycles. The van der Waals surface area contributed by atoms with Crippen LogP contribution >= 0.6 is 0 Å². The molecule has 0 amide bonds. The lowest BCUT2D eigenvalue weighted by molar-refractivity contribution is -0.131. The Morgan fingerprint density at radius 1 is 0.667 bits per heavy atom. The number of carboxylic acid groups (broad SMARTS) is 1. The van der Waals surface area contributed by atoms with Crippen LogP contribution in [0.25, 0.3) is 0 Å². The predicted octanol–water partition coefficient (Wildman–Crippen LogP) is 7.00. The van der Waals surface area contributed by atoms with Crippen LogP contribution in [0.3, 0.4) is 0 Å². The molecule has 0 aromatic carbocycles. The summed E-state index contributed by atoms with van der Waals surface area (Å²) in [6.45, 7) is 2.24. The van der Waals surface area contributed by atoms with Gasteiger partial charge in [0.1, 0.15) is 0 Å². The molecule has 136 valence electrons. The molecule has 24 heavy (non-hydrogen) atoms. The Labute approximate surface area is 149 Å². The van der Waals surface area contributed by atoms with Gasteiger partial charge in [0, 0.05) is 6.08 Å². The van der Waals surface area contributed by atoms with Crippen molar-refractivity contribution in [3.8, 4) is 0 Å². The Hall–Kier alpha value is -1.57. The molecule has 0 fully saturated rings. The monoisotopic (exact) mass is 332 g/mol. The Bertz CT molecular complexity index is 389. The van der Waals surface area contributed by atoms with Gasteiger partial charge in [-0.15, -0.1) is 0 Å². The van der Waals surface area contributed by atoms with Gasteiger partial charge < -0.3 is 5.11 Å². The average molecular weight is 333 g/mol. The van der Waals surface area contributed by atoms with Crippen LogP contribution in [0.5, 0.6) is 0 Å².